The van der Waals surface area contributed by atoms with E-state index in [1.165, 1.54) is 10.4 Å². The van der Waals surface area contributed by atoms with E-state index in [1.807, 2.05) is 0 Å². The minimum Gasteiger partial charge on any atom is -0.466 e. The number of furan rings is 1. The summed E-state index contributed by atoms with van der Waals surface area (Å²) in [5.41, 5.74) is 0.536. The Morgan fingerprint density at radius 1 is 1.21 bits per heavy atom. The molecule has 0 N–H and O–H groups in total. The molecular weight excluding hydrogens is 372 g/mol. The predicted molar refractivity (Wildman–Crippen MR) is 92.2 cm³/mol. The molecule has 1 amide bonds. The second-order valence-electron chi connectivity index (χ2n) is 5.58. The number of piperazine rings is 1. The normalized spacial score (nSPS) is 16.5. The largest absolute Gasteiger partial charge is 0.466 e. The fourth-order valence-electron chi connectivity index (χ4n) is 2.71. The minimum atomic E-state index is -3.55. The van der Waals surface area contributed by atoms with Gasteiger partial charge in [-0.25, -0.2) is 8.42 Å². The van der Waals surface area contributed by atoms with Gasteiger partial charge in [0.05, 0.1) is 9.90 Å². The van der Waals surface area contributed by atoms with Crippen LogP contribution in [0.4, 0.5) is 0 Å². The Labute approximate surface area is 149 Å². The Hall–Kier alpha value is -1.35. The lowest BCUT2D eigenvalue weighted by Crippen LogP contribution is -2.50. The van der Waals surface area contributed by atoms with E-state index >= 15 is 0 Å². The molecule has 0 radical (unpaired) electrons. The lowest BCUT2D eigenvalue weighted by atomic mass is 10.2. The van der Waals surface area contributed by atoms with Crippen LogP contribution in [0, 0.1) is 13.8 Å². The van der Waals surface area contributed by atoms with Gasteiger partial charge >= 0.3 is 0 Å². The van der Waals surface area contributed by atoms with Crippen molar-refractivity contribution >= 4 is 38.9 Å². The maximum Gasteiger partial charge on any atom is 0.257 e. The average Bonchev–Trinajstić information content (AvgIpc) is 3.12. The molecule has 24 heavy (non-hydrogen) atoms. The second kappa shape index (κ2) is 6.51. The molecule has 0 unspecified atom stereocenters. The fourth-order valence-corrected chi connectivity index (χ4v) is 5.77. The molecule has 1 aliphatic heterocycles. The molecule has 3 heterocycles. The van der Waals surface area contributed by atoms with E-state index < -0.39 is 10.0 Å². The van der Waals surface area contributed by atoms with Crippen molar-refractivity contribution in [3.63, 3.8) is 0 Å². The maximum atomic E-state index is 12.6. The summed E-state index contributed by atoms with van der Waals surface area (Å²) >= 11 is 6.87. The Kier molecular flexibility index (Phi) is 4.74. The number of carbonyl (C=O) groups excluding carboxylic acids is 1. The molecule has 0 aliphatic carbocycles. The van der Waals surface area contributed by atoms with Gasteiger partial charge in [0, 0.05) is 26.2 Å². The Morgan fingerprint density at radius 3 is 2.38 bits per heavy atom. The molecule has 0 saturated carbocycles. The number of sulfonamides is 1. The highest BCUT2D eigenvalue weighted by Crippen LogP contribution is 2.28. The third kappa shape index (κ3) is 3.23. The summed E-state index contributed by atoms with van der Waals surface area (Å²) in [5.74, 6) is 1.15. The van der Waals surface area contributed by atoms with E-state index in [0.29, 0.717) is 34.5 Å². The molecule has 1 fully saturated rings. The monoisotopic (exact) mass is 388 g/mol. The van der Waals surface area contributed by atoms with Crippen LogP contribution in [0.2, 0.25) is 4.34 Å². The van der Waals surface area contributed by atoms with Gasteiger partial charge in [-0.3, -0.25) is 4.79 Å². The number of aryl methyl sites for hydroxylation is 2. The molecule has 1 saturated heterocycles. The van der Waals surface area contributed by atoms with Crippen LogP contribution in [0.25, 0.3) is 0 Å². The van der Waals surface area contributed by atoms with Crippen LogP contribution in [-0.4, -0.2) is 49.7 Å². The van der Waals surface area contributed by atoms with E-state index in [0.717, 1.165) is 11.3 Å². The number of hydrogen-bond acceptors (Lipinski definition) is 5. The van der Waals surface area contributed by atoms with Crippen LogP contribution in [0.1, 0.15) is 21.9 Å². The van der Waals surface area contributed by atoms with Gasteiger partial charge in [0.25, 0.3) is 15.9 Å². The summed E-state index contributed by atoms with van der Waals surface area (Å²) in [4.78, 5) is 14.2. The van der Waals surface area contributed by atoms with Crippen LogP contribution >= 0.6 is 22.9 Å². The molecule has 1 aliphatic rings. The fraction of sp³-hybridized carbons (Fsp3) is 0.400. The number of nitrogens with zero attached hydrogens (tertiary/aromatic N) is 2. The molecule has 6 nitrogen and oxygen atoms in total. The SMILES string of the molecule is Cc1cc(C(=O)N2CCN(S(=O)(=O)c3ccc(Cl)s3)CC2)c(C)o1. The van der Waals surface area contributed by atoms with E-state index in [1.54, 1.807) is 30.9 Å². The van der Waals surface area contributed by atoms with E-state index in [-0.39, 0.29) is 23.2 Å². The van der Waals surface area contributed by atoms with Crippen molar-refractivity contribution in [3.8, 4) is 0 Å². The van der Waals surface area contributed by atoms with E-state index in [9.17, 15) is 13.2 Å². The first-order valence-corrected chi connectivity index (χ1v) is 10.0. The van der Waals surface area contributed by atoms with Gasteiger partial charge in [0.15, 0.2) is 0 Å². The standard InChI is InChI=1S/C15H17ClN2O4S2/c1-10-9-12(11(2)22-10)15(19)17-5-7-18(8-6-17)24(20,21)14-4-3-13(16)23-14/h3-4,9H,5-8H2,1-2H3. The number of rotatable bonds is 3. The molecule has 130 valence electrons. The molecule has 0 bridgehead atoms. The van der Waals surface area contributed by atoms with Gasteiger partial charge in [0.2, 0.25) is 0 Å². The average molecular weight is 389 g/mol. The molecule has 3 rings (SSSR count). The predicted octanol–water partition coefficient (Wildman–Crippen LogP) is 2.76. The summed E-state index contributed by atoms with van der Waals surface area (Å²) in [6.07, 6.45) is 0. The van der Waals surface area contributed by atoms with Crippen LogP contribution in [0.15, 0.2) is 26.8 Å². The zero-order valence-corrected chi connectivity index (χ0v) is 15.7. The van der Waals surface area contributed by atoms with Crippen molar-refractivity contribution in [2.45, 2.75) is 18.1 Å². The van der Waals surface area contributed by atoms with Gasteiger partial charge in [-0.2, -0.15) is 4.31 Å². The highest BCUT2D eigenvalue weighted by molar-refractivity contribution is 7.91. The lowest BCUT2D eigenvalue weighted by molar-refractivity contribution is 0.0696. The maximum absolute atomic E-state index is 12.6. The van der Waals surface area contributed by atoms with Crippen molar-refractivity contribution in [2.24, 2.45) is 0 Å². The Morgan fingerprint density at radius 2 is 1.88 bits per heavy atom. The number of amides is 1. The smallest absolute Gasteiger partial charge is 0.257 e. The van der Waals surface area contributed by atoms with Gasteiger partial charge < -0.3 is 9.32 Å². The molecular formula is C15H17ClN2O4S2. The third-order valence-electron chi connectivity index (χ3n) is 3.94. The minimum absolute atomic E-state index is 0.124. The van der Waals surface area contributed by atoms with E-state index in [2.05, 4.69) is 0 Å². The zero-order chi connectivity index (χ0) is 17.5. The Balaban J connectivity index is 1.70. The summed E-state index contributed by atoms with van der Waals surface area (Å²) in [5, 5.41) is 0. The van der Waals surface area contributed by atoms with Crippen molar-refractivity contribution in [1.82, 2.24) is 9.21 Å². The van der Waals surface area contributed by atoms with Crippen molar-refractivity contribution < 1.29 is 17.6 Å². The number of carbonyl (C=O) groups is 1. The molecule has 9 heteroatoms. The lowest BCUT2D eigenvalue weighted by Gasteiger charge is -2.33. The first-order chi connectivity index (χ1) is 11.3. The number of halogens is 1. The van der Waals surface area contributed by atoms with Gasteiger partial charge in [-0.15, -0.1) is 11.3 Å². The Bertz CT molecular complexity index is 864. The molecule has 0 spiro atoms. The molecule has 2 aromatic rings. The molecule has 2 aromatic heterocycles. The highest BCUT2D eigenvalue weighted by Gasteiger charge is 2.32. The first-order valence-electron chi connectivity index (χ1n) is 7.41. The first kappa shape index (κ1) is 17.5. The number of hydrogen-bond donors (Lipinski definition) is 0. The van der Waals surface area contributed by atoms with Gasteiger partial charge in [-0.05, 0) is 32.0 Å². The molecule has 0 atom stereocenters. The van der Waals surface area contributed by atoms with Gasteiger partial charge in [0.1, 0.15) is 15.7 Å². The topological polar surface area (TPSA) is 70.8 Å². The van der Waals surface area contributed by atoms with Crippen LogP contribution < -0.4 is 0 Å². The van der Waals surface area contributed by atoms with E-state index in [4.69, 9.17) is 16.0 Å². The zero-order valence-electron chi connectivity index (χ0n) is 13.3. The second-order valence-corrected chi connectivity index (χ2v) is 9.46. The van der Waals surface area contributed by atoms with Crippen molar-refractivity contribution in [3.05, 3.63) is 39.6 Å². The number of thiophene rings is 1. The summed E-state index contributed by atoms with van der Waals surface area (Å²) < 4.78 is 32.6. The van der Waals surface area contributed by atoms with Gasteiger partial charge in [-0.1, -0.05) is 11.6 Å². The third-order valence-corrected chi connectivity index (χ3v) is 7.54. The summed E-state index contributed by atoms with van der Waals surface area (Å²) in [6, 6.07) is 4.80. The highest BCUT2D eigenvalue weighted by atomic mass is 35.5. The van der Waals surface area contributed by atoms with Crippen molar-refractivity contribution in [2.75, 3.05) is 26.2 Å². The summed E-state index contributed by atoms with van der Waals surface area (Å²) in [7, 11) is -3.55. The quantitative estimate of drug-likeness (QED) is 0.810. The molecule has 0 aromatic carbocycles. The van der Waals surface area contributed by atoms with Crippen molar-refractivity contribution in [1.29, 1.82) is 0 Å². The summed E-state index contributed by atoms with van der Waals surface area (Å²) in [6.45, 7) is 4.77. The van der Waals surface area contributed by atoms with Crippen LogP contribution in [0.5, 0.6) is 0 Å². The van der Waals surface area contributed by atoms with Crippen LogP contribution in [-0.2, 0) is 10.0 Å². The van der Waals surface area contributed by atoms with Crippen LogP contribution in [0.3, 0.4) is 0 Å².